The number of halogens is 2. The van der Waals surface area contributed by atoms with Gasteiger partial charge in [-0.3, -0.25) is 0 Å². The van der Waals surface area contributed by atoms with Gasteiger partial charge < -0.3 is 5.11 Å². The van der Waals surface area contributed by atoms with Gasteiger partial charge in [0.1, 0.15) is 0 Å². The van der Waals surface area contributed by atoms with Crippen molar-refractivity contribution in [2.45, 2.75) is 0 Å². The van der Waals surface area contributed by atoms with Crippen molar-refractivity contribution in [2.75, 3.05) is 0 Å². The predicted molar refractivity (Wildman–Crippen MR) is 55.9 cm³/mol. The molecular weight excluding hydrogens is 271 g/mol. The second-order valence-electron chi connectivity index (χ2n) is 2.65. The summed E-state index contributed by atoms with van der Waals surface area (Å²) >= 11 is 9.08. The molecule has 2 aromatic heterocycles. The van der Waals surface area contributed by atoms with Gasteiger partial charge in [-0.25, -0.2) is 14.3 Å². The Morgan fingerprint density at radius 3 is 3.00 bits per heavy atom. The molecule has 2 heterocycles. The highest BCUT2D eigenvalue weighted by Gasteiger charge is 2.12. The van der Waals surface area contributed by atoms with E-state index in [2.05, 4.69) is 20.9 Å². The van der Waals surface area contributed by atoms with E-state index in [-0.39, 0.29) is 0 Å². The molecule has 14 heavy (non-hydrogen) atoms. The molecule has 0 bridgehead atoms. The van der Waals surface area contributed by atoms with Gasteiger partial charge in [0.05, 0.1) is 5.02 Å². The van der Waals surface area contributed by atoms with Crippen LogP contribution in [0.4, 0.5) is 4.79 Å². The van der Waals surface area contributed by atoms with E-state index in [0.29, 0.717) is 16.1 Å². The minimum Gasteiger partial charge on any atom is -0.464 e. The summed E-state index contributed by atoms with van der Waals surface area (Å²) in [6, 6.07) is 1.73. The van der Waals surface area contributed by atoms with Crippen molar-refractivity contribution in [2.24, 2.45) is 0 Å². The molecule has 0 aromatic carbocycles. The first kappa shape index (κ1) is 9.48. The number of hydrogen-bond donors (Lipinski definition) is 1. The van der Waals surface area contributed by atoms with Crippen molar-refractivity contribution in [3.63, 3.8) is 0 Å². The molecule has 2 aromatic rings. The fraction of sp³-hybridized carbons (Fsp3) is 0. The number of pyridine rings is 1. The highest BCUT2D eigenvalue weighted by Crippen LogP contribution is 2.26. The summed E-state index contributed by atoms with van der Waals surface area (Å²) in [4.78, 5) is 14.7. The van der Waals surface area contributed by atoms with Crippen molar-refractivity contribution in [3.8, 4) is 0 Å². The molecule has 0 aliphatic rings. The Hall–Kier alpha value is -1.07. The van der Waals surface area contributed by atoms with E-state index in [1.54, 1.807) is 6.07 Å². The zero-order valence-corrected chi connectivity index (χ0v) is 9.08. The Morgan fingerprint density at radius 2 is 2.36 bits per heavy atom. The van der Waals surface area contributed by atoms with Crippen LogP contribution in [0.1, 0.15) is 0 Å². The maximum absolute atomic E-state index is 10.8. The third-order valence-electron chi connectivity index (χ3n) is 1.77. The van der Waals surface area contributed by atoms with E-state index < -0.39 is 6.09 Å². The lowest BCUT2D eigenvalue weighted by Crippen LogP contribution is -2.06. The number of nitrogens with zero attached hydrogens (tertiary/aromatic N) is 2. The maximum atomic E-state index is 10.8. The minimum atomic E-state index is -1.10. The number of carboxylic acid groups (broad SMARTS) is 1. The highest BCUT2D eigenvalue weighted by atomic mass is 79.9. The summed E-state index contributed by atoms with van der Waals surface area (Å²) in [5.41, 5.74) is 0.339. The van der Waals surface area contributed by atoms with Crippen LogP contribution in [0.25, 0.3) is 11.0 Å². The summed E-state index contributed by atoms with van der Waals surface area (Å²) in [6.07, 6.45) is 1.75. The molecule has 0 amide bonds. The highest BCUT2D eigenvalue weighted by molar-refractivity contribution is 9.10. The van der Waals surface area contributed by atoms with Crippen LogP contribution in [0.5, 0.6) is 0 Å². The largest absolute Gasteiger partial charge is 0.464 e. The van der Waals surface area contributed by atoms with Gasteiger partial charge in [0.15, 0.2) is 5.65 Å². The van der Waals surface area contributed by atoms with Crippen LogP contribution in [-0.4, -0.2) is 20.8 Å². The van der Waals surface area contributed by atoms with E-state index >= 15 is 0 Å². The monoisotopic (exact) mass is 274 g/mol. The van der Waals surface area contributed by atoms with Crippen molar-refractivity contribution in [1.29, 1.82) is 0 Å². The molecule has 0 saturated carbocycles. The van der Waals surface area contributed by atoms with Gasteiger partial charge in [-0.05, 0) is 22.0 Å². The van der Waals surface area contributed by atoms with Crippen LogP contribution in [-0.2, 0) is 0 Å². The van der Waals surface area contributed by atoms with Gasteiger partial charge in [0.2, 0.25) is 0 Å². The van der Waals surface area contributed by atoms with Crippen molar-refractivity contribution >= 4 is 44.7 Å². The average Bonchev–Trinajstić information content (AvgIpc) is 2.44. The smallest absolute Gasteiger partial charge is 0.417 e. The van der Waals surface area contributed by atoms with E-state index in [0.717, 1.165) is 9.04 Å². The first-order valence-corrected chi connectivity index (χ1v) is 4.82. The standard InChI is InChI=1S/C8H4BrClN2O2/c9-4-1-5-6(10)3-12(8(13)14)7(5)11-2-4/h1-3H,(H,13,14). The molecule has 4 nitrogen and oxygen atoms in total. The minimum absolute atomic E-state index is 0.339. The first-order chi connectivity index (χ1) is 6.59. The van der Waals surface area contributed by atoms with Crippen LogP contribution < -0.4 is 0 Å². The third-order valence-corrected chi connectivity index (χ3v) is 2.50. The fourth-order valence-corrected chi connectivity index (χ4v) is 1.76. The van der Waals surface area contributed by atoms with Gasteiger partial charge in [0, 0.05) is 22.3 Å². The lowest BCUT2D eigenvalue weighted by molar-refractivity contribution is 0.197. The van der Waals surface area contributed by atoms with Crippen molar-refractivity contribution < 1.29 is 9.90 Å². The number of aromatic nitrogens is 2. The van der Waals surface area contributed by atoms with E-state index in [1.165, 1.54) is 12.4 Å². The molecule has 0 fully saturated rings. The van der Waals surface area contributed by atoms with E-state index in [4.69, 9.17) is 16.7 Å². The van der Waals surface area contributed by atoms with E-state index in [9.17, 15) is 4.79 Å². The molecule has 0 radical (unpaired) electrons. The predicted octanol–water partition coefficient (Wildman–Crippen LogP) is 2.98. The molecule has 1 N–H and O–H groups in total. The average molecular weight is 275 g/mol. The van der Waals surface area contributed by atoms with Crippen LogP contribution in [0.15, 0.2) is 22.9 Å². The summed E-state index contributed by atoms with van der Waals surface area (Å²) in [7, 11) is 0. The second-order valence-corrected chi connectivity index (χ2v) is 3.98. The maximum Gasteiger partial charge on any atom is 0.417 e. The van der Waals surface area contributed by atoms with Crippen molar-refractivity contribution in [3.05, 3.63) is 28.0 Å². The number of hydrogen-bond acceptors (Lipinski definition) is 2. The summed E-state index contributed by atoms with van der Waals surface area (Å²) in [5, 5.41) is 9.80. The lowest BCUT2D eigenvalue weighted by Gasteiger charge is -1.95. The first-order valence-electron chi connectivity index (χ1n) is 3.65. The Morgan fingerprint density at radius 1 is 1.64 bits per heavy atom. The van der Waals surface area contributed by atoms with Gasteiger partial charge in [-0.2, -0.15) is 0 Å². The van der Waals surface area contributed by atoms with E-state index in [1.807, 2.05) is 0 Å². The molecule has 2 rings (SSSR count). The molecule has 0 saturated heterocycles. The number of carbonyl (C=O) groups is 1. The third kappa shape index (κ3) is 1.38. The van der Waals surface area contributed by atoms with Crippen LogP contribution in [0.3, 0.4) is 0 Å². The van der Waals surface area contributed by atoms with Gasteiger partial charge >= 0.3 is 6.09 Å². The van der Waals surface area contributed by atoms with Crippen LogP contribution in [0.2, 0.25) is 5.02 Å². The zero-order valence-electron chi connectivity index (χ0n) is 6.74. The Balaban J connectivity index is 2.84. The fourth-order valence-electron chi connectivity index (χ4n) is 1.19. The van der Waals surface area contributed by atoms with Crippen molar-refractivity contribution in [1.82, 2.24) is 9.55 Å². The zero-order chi connectivity index (χ0) is 10.3. The molecular formula is C8H4BrClN2O2. The topological polar surface area (TPSA) is 55.1 Å². The van der Waals surface area contributed by atoms with Gasteiger partial charge in [-0.1, -0.05) is 11.6 Å². The molecule has 0 atom stereocenters. The molecule has 72 valence electrons. The van der Waals surface area contributed by atoms with Crippen LogP contribution >= 0.6 is 27.5 Å². The molecule has 0 unspecified atom stereocenters. The van der Waals surface area contributed by atoms with Crippen LogP contribution in [0, 0.1) is 0 Å². The molecule has 6 heteroatoms. The van der Waals surface area contributed by atoms with Gasteiger partial charge in [-0.15, -0.1) is 0 Å². The number of fused-ring (bicyclic) bond motifs is 1. The lowest BCUT2D eigenvalue weighted by atomic mass is 10.3. The Bertz CT molecular complexity index is 523. The molecule has 0 spiro atoms. The molecule has 0 aliphatic heterocycles. The molecule has 0 aliphatic carbocycles. The number of rotatable bonds is 0. The summed E-state index contributed by atoms with van der Waals surface area (Å²) < 4.78 is 1.75. The summed E-state index contributed by atoms with van der Waals surface area (Å²) in [5.74, 6) is 0. The Kier molecular flexibility index (Phi) is 2.20. The summed E-state index contributed by atoms with van der Waals surface area (Å²) in [6.45, 7) is 0. The Labute approximate surface area is 92.2 Å². The SMILES string of the molecule is O=C(O)n1cc(Cl)c2cc(Br)cnc21. The van der Waals surface area contributed by atoms with Gasteiger partial charge in [0.25, 0.3) is 0 Å². The second kappa shape index (κ2) is 3.25. The quantitative estimate of drug-likeness (QED) is 0.804. The normalized spacial score (nSPS) is 10.7.